The number of allylic oxidation sites excluding steroid dienone is 4. The van der Waals surface area contributed by atoms with Gasteiger partial charge in [-0.2, -0.15) is 18.2 Å². The summed E-state index contributed by atoms with van der Waals surface area (Å²) in [6, 6.07) is 10.0. The number of alkyl halides is 1. The molecule has 1 fully saturated rings. The molecule has 3 nitrogen and oxygen atoms in total. The maximum atomic E-state index is 5.03. The Labute approximate surface area is 196 Å². The fourth-order valence-corrected chi connectivity index (χ4v) is 1.22. The normalized spacial score (nSPS) is 12.3. The zero-order valence-electron chi connectivity index (χ0n) is 15.9. The Morgan fingerprint density at radius 1 is 1.00 bits per heavy atom. The molecule has 0 unspecified atom stereocenters. The van der Waals surface area contributed by atoms with Crippen LogP contribution in [-0.4, -0.2) is 31.6 Å². The van der Waals surface area contributed by atoms with Gasteiger partial charge in [0.15, 0.2) is 0 Å². The number of halogens is 2. The van der Waals surface area contributed by atoms with Crippen LogP contribution in [0.15, 0.2) is 54.6 Å². The quantitative estimate of drug-likeness (QED) is 0.379. The molecule has 0 amide bonds. The van der Waals surface area contributed by atoms with E-state index < -0.39 is 0 Å². The average molecular weight is 490 g/mol. The molecule has 6 heteroatoms. The number of rotatable bonds is 2. The summed E-state index contributed by atoms with van der Waals surface area (Å²) >= 11 is 3.12. The van der Waals surface area contributed by atoms with Crippen LogP contribution in [0.25, 0.3) is 0 Å². The summed E-state index contributed by atoms with van der Waals surface area (Å²) in [4.78, 5) is 0. The molecule has 142 valence electrons. The fourth-order valence-electron chi connectivity index (χ4n) is 1.22. The molecule has 0 spiro atoms. The van der Waals surface area contributed by atoms with Gasteiger partial charge in [-0.3, -0.25) is 0 Å². The van der Waals surface area contributed by atoms with E-state index in [-0.39, 0.29) is 46.5 Å². The van der Waals surface area contributed by atoms with E-state index in [1.54, 1.807) is 0 Å². The van der Waals surface area contributed by atoms with Crippen LogP contribution >= 0.6 is 32.9 Å². The van der Waals surface area contributed by atoms with E-state index in [0.717, 1.165) is 44.5 Å². The second-order valence-electron chi connectivity index (χ2n) is 4.64. The first kappa shape index (κ1) is 33.3. The summed E-state index contributed by atoms with van der Waals surface area (Å²) in [6.45, 7) is 5.61. The summed E-state index contributed by atoms with van der Waals surface area (Å²) in [5, 5.41) is 0.910. The van der Waals surface area contributed by atoms with Crippen LogP contribution in [0.1, 0.15) is 32.6 Å². The predicted molar refractivity (Wildman–Crippen MR) is 118 cm³/mol. The van der Waals surface area contributed by atoms with Gasteiger partial charge in [0.05, 0.1) is 0 Å². The second-order valence-corrected chi connectivity index (χ2v) is 5.43. The van der Waals surface area contributed by atoms with Crippen molar-refractivity contribution in [1.29, 1.82) is 0 Å². The molecule has 1 aromatic carbocycles. The van der Waals surface area contributed by atoms with Crippen molar-refractivity contribution in [2.24, 2.45) is 11.5 Å². The standard InChI is InChI=1S/C5H6.C5H5.C4H8O.C3H9N.C2H6BrN.BrH.Na/c3*1-2-4-5-3-1;1-2-3-4;3-1-2-4;;/h1-4H,5H2;1-5H;1-4H2;2-4H2,1H3;1-2,4H2;1H;/q;-1;;;;;+1. The monoisotopic (exact) mass is 488 g/mol. The third-order valence-electron chi connectivity index (χ3n) is 2.44. The Bertz CT molecular complexity index is 287. The molecular weight excluding hydrogens is 455 g/mol. The third kappa shape index (κ3) is 40.6. The number of hydrogen-bond donors (Lipinski definition) is 2. The smallest absolute Gasteiger partial charge is 0.381 e. The maximum Gasteiger partial charge on any atom is 1.00 e. The molecule has 25 heavy (non-hydrogen) atoms. The zero-order chi connectivity index (χ0) is 17.4. The minimum Gasteiger partial charge on any atom is -0.381 e. The van der Waals surface area contributed by atoms with Crippen molar-refractivity contribution in [2.75, 3.05) is 31.6 Å². The largest absolute Gasteiger partial charge is 1.00 e. The molecule has 0 saturated carbocycles. The van der Waals surface area contributed by atoms with Crippen LogP contribution in [0.2, 0.25) is 0 Å². The van der Waals surface area contributed by atoms with E-state index in [2.05, 4.69) is 47.2 Å². The van der Waals surface area contributed by atoms with Crippen LogP contribution in [0.5, 0.6) is 0 Å². The molecule has 0 bridgehead atoms. The number of hydrogen-bond acceptors (Lipinski definition) is 3. The van der Waals surface area contributed by atoms with E-state index in [9.17, 15) is 0 Å². The summed E-state index contributed by atoms with van der Waals surface area (Å²) in [6.07, 6.45) is 13.2. The molecule has 4 N–H and O–H groups in total. The fraction of sp³-hybridized carbons (Fsp3) is 0.526. The first-order valence-corrected chi connectivity index (χ1v) is 9.47. The van der Waals surface area contributed by atoms with E-state index in [4.69, 9.17) is 16.2 Å². The van der Waals surface area contributed by atoms with Gasteiger partial charge in [-0.25, -0.2) is 12.1 Å². The molecular formula is C19H35Br2N2NaO. The topological polar surface area (TPSA) is 61.3 Å². The Kier molecular flexibility index (Phi) is 47.5. The van der Waals surface area contributed by atoms with Crippen molar-refractivity contribution in [3.05, 3.63) is 54.6 Å². The minimum absolute atomic E-state index is 0. The van der Waals surface area contributed by atoms with Crippen molar-refractivity contribution in [3.63, 3.8) is 0 Å². The molecule has 0 radical (unpaired) electrons. The Balaban J connectivity index is -0.000000109. The van der Waals surface area contributed by atoms with Crippen molar-refractivity contribution >= 4 is 32.9 Å². The van der Waals surface area contributed by atoms with Crippen molar-refractivity contribution in [3.8, 4) is 0 Å². The molecule has 2 aliphatic rings. The maximum absolute atomic E-state index is 5.03. The van der Waals surface area contributed by atoms with Crippen LogP contribution in [-0.2, 0) is 4.74 Å². The molecule has 0 atom stereocenters. The summed E-state index contributed by atoms with van der Waals surface area (Å²) in [7, 11) is 0. The molecule has 1 heterocycles. The van der Waals surface area contributed by atoms with E-state index in [0.29, 0.717) is 0 Å². The van der Waals surface area contributed by atoms with Gasteiger partial charge >= 0.3 is 29.6 Å². The van der Waals surface area contributed by atoms with Crippen molar-refractivity contribution in [1.82, 2.24) is 0 Å². The van der Waals surface area contributed by atoms with Gasteiger partial charge in [-0.1, -0.05) is 47.2 Å². The molecule has 1 aliphatic carbocycles. The van der Waals surface area contributed by atoms with Crippen molar-refractivity contribution < 1.29 is 34.3 Å². The zero-order valence-corrected chi connectivity index (χ0v) is 21.2. The van der Waals surface area contributed by atoms with Gasteiger partial charge in [0.2, 0.25) is 0 Å². The molecule has 3 rings (SSSR count). The van der Waals surface area contributed by atoms with Gasteiger partial charge in [0, 0.05) is 25.1 Å². The van der Waals surface area contributed by atoms with Crippen molar-refractivity contribution in [2.45, 2.75) is 32.6 Å². The van der Waals surface area contributed by atoms with Gasteiger partial charge in [-0.05, 0) is 32.2 Å². The van der Waals surface area contributed by atoms with Crippen LogP contribution < -0.4 is 41.0 Å². The summed E-state index contributed by atoms with van der Waals surface area (Å²) < 4.78 is 4.94. The second kappa shape index (κ2) is 35.7. The first-order valence-electron chi connectivity index (χ1n) is 8.35. The Morgan fingerprint density at radius 2 is 1.44 bits per heavy atom. The van der Waals surface area contributed by atoms with Crippen LogP contribution in [0.4, 0.5) is 0 Å². The Morgan fingerprint density at radius 3 is 1.56 bits per heavy atom. The van der Waals surface area contributed by atoms with Gasteiger partial charge < -0.3 is 16.2 Å². The first-order chi connectivity index (χ1) is 11.3. The van der Waals surface area contributed by atoms with E-state index in [1.807, 2.05) is 30.3 Å². The van der Waals surface area contributed by atoms with Gasteiger partial charge in [0.25, 0.3) is 0 Å². The van der Waals surface area contributed by atoms with Gasteiger partial charge in [-0.15, -0.1) is 17.0 Å². The molecule has 1 saturated heterocycles. The SMILES string of the molecule is Br.C1=CCC=C1.C1CCOC1.CCCN.NCCBr.[Na+].c1cc[cH-]c1. The van der Waals surface area contributed by atoms with E-state index in [1.165, 1.54) is 12.8 Å². The van der Waals surface area contributed by atoms with Crippen LogP contribution in [0, 0.1) is 0 Å². The minimum atomic E-state index is 0. The summed E-state index contributed by atoms with van der Waals surface area (Å²) in [5.74, 6) is 0. The van der Waals surface area contributed by atoms with Gasteiger partial charge in [0.1, 0.15) is 0 Å². The summed E-state index contributed by atoms with van der Waals surface area (Å²) in [5.41, 5.74) is 10.0. The van der Waals surface area contributed by atoms with Crippen LogP contribution in [0.3, 0.4) is 0 Å². The predicted octanol–water partition coefficient (Wildman–Crippen LogP) is 1.98. The third-order valence-corrected chi connectivity index (χ3v) is 2.89. The number of ether oxygens (including phenoxy) is 1. The van der Waals surface area contributed by atoms with E-state index >= 15 is 0 Å². The molecule has 1 aromatic rings. The molecule has 1 aliphatic heterocycles. The average Bonchev–Trinajstić information content (AvgIpc) is 3.39. The Hall–Kier alpha value is 0.670. The number of nitrogens with two attached hydrogens (primary N) is 2. The molecule has 0 aromatic heterocycles.